The largest absolute Gasteiger partial charge is 0.481 e. The summed E-state index contributed by atoms with van der Waals surface area (Å²) in [5.41, 5.74) is 3.13. The molecular weight excluding hydrogens is 260 g/mol. The summed E-state index contributed by atoms with van der Waals surface area (Å²) in [6, 6.07) is 17.6. The van der Waals surface area contributed by atoms with E-state index < -0.39 is 11.9 Å². The van der Waals surface area contributed by atoms with Crippen LogP contribution in [-0.2, 0) is 11.2 Å². The van der Waals surface area contributed by atoms with Gasteiger partial charge >= 0.3 is 5.97 Å². The average molecular weight is 278 g/mol. The van der Waals surface area contributed by atoms with Crippen LogP contribution < -0.4 is 0 Å². The van der Waals surface area contributed by atoms with Crippen LogP contribution in [0.1, 0.15) is 23.1 Å². The first kappa shape index (κ1) is 14.9. The van der Waals surface area contributed by atoms with Gasteiger partial charge in [0.05, 0.1) is 5.92 Å². The quantitative estimate of drug-likeness (QED) is 0.866. The van der Waals surface area contributed by atoms with Crippen LogP contribution in [-0.4, -0.2) is 11.1 Å². The molecule has 0 aliphatic rings. The summed E-state index contributed by atoms with van der Waals surface area (Å²) in [4.78, 5) is 11.3. The summed E-state index contributed by atoms with van der Waals surface area (Å²) in [5.74, 6) is 4.73. The second-order valence-electron chi connectivity index (χ2n) is 5.10. The Balaban J connectivity index is 2.01. The number of aryl methyl sites for hydroxylation is 1. The zero-order valence-corrected chi connectivity index (χ0v) is 12.0. The fraction of sp³-hybridized carbons (Fsp3) is 0.211. The number of hydrogen-bond acceptors (Lipinski definition) is 1. The maximum atomic E-state index is 11.3. The summed E-state index contributed by atoms with van der Waals surface area (Å²) in [5, 5.41) is 9.32. The molecule has 1 atom stereocenters. The molecule has 0 heterocycles. The van der Waals surface area contributed by atoms with Gasteiger partial charge in [0.1, 0.15) is 0 Å². The van der Waals surface area contributed by atoms with E-state index in [1.165, 1.54) is 5.56 Å². The molecule has 106 valence electrons. The van der Waals surface area contributed by atoms with Crippen molar-refractivity contribution in [1.29, 1.82) is 0 Å². The molecule has 0 bridgehead atoms. The molecule has 21 heavy (non-hydrogen) atoms. The molecule has 0 aromatic heterocycles. The summed E-state index contributed by atoms with van der Waals surface area (Å²) in [6.45, 7) is 2.02. The van der Waals surface area contributed by atoms with Crippen LogP contribution in [0, 0.1) is 24.7 Å². The molecule has 1 N–H and O–H groups in total. The van der Waals surface area contributed by atoms with Gasteiger partial charge in [-0.3, -0.25) is 4.79 Å². The lowest BCUT2D eigenvalue weighted by Crippen LogP contribution is -2.15. The molecule has 0 aliphatic carbocycles. The van der Waals surface area contributed by atoms with E-state index in [2.05, 4.69) is 11.8 Å². The highest BCUT2D eigenvalue weighted by atomic mass is 16.4. The molecule has 0 spiro atoms. The van der Waals surface area contributed by atoms with Crippen molar-refractivity contribution in [1.82, 2.24) is 0 Å². The van der Waals surface area contributed by atoms with Crippen molar-refractivity contribution in [2.45, 2.75) is 19.8 Å². The summed E-state index contributed by atoms with van der Waals surface area (Å²) in [7, 11) is 0. The van der Waals surface area contributed by atoms with Crippen LogP contribution >= 0.6 is 0 Å². The van der Waals surface area contributed by atoms with Crippen molar-refractivity contribution in [3.63, 3.8) is 0 Å². The van der Waals surface area contributed by atoms with Gasteiger partial charge in [0.25, 0.3) is 0 Å². The number of benzene rings is 2. The molecule has 2 rings (SSSR count). The third-order valence-electron chi connectivity index (χ3n) is 3.31. The lowest BCUT2D eigenvalue weighted by Gasteiger charge is -2.09. The van der Waals surface area contributed by atoms with E-state index in [9.17, 15) is 9.90 Å². The zero-order valence-electron chi connectivity index (χ0n) is 12.0. The van der Waals surface area contributed by atoms with Crippen LogP contribution in [0.25, 0.3) is 0 Å². The number of rotatable bonds is 4. The highest BCUT2D eigenvalue weighted by Gasteiger charge is 2.16. The molecule has 0 amide bonds. The van der Waals surface area contributed by atoms with E-state index in [0.29, 0.717) is 12.8 Å². The third-order valence-corrected chi connectivity index (χ3v) is 3.31. The smallest absolute Gasteiger partial charge is 0.307 e. The minimum absolute atomic E-state index is 0.359. The second-order valence-corrected chi connectivity index (χ2v) is 5.10. The molecular formula is C19H18O2. The van der Waals surface area contributed by atoms with Gasteiger partial charge in [-0.2, -0.15) is 0 Å². The van der Waals surface area contributed by atoms with Crippen molar-refractivity contribution >= 4 is 5.97 Å². The van der Waals surface area contributed by atoms with Gasteiger partial charge in [-0.25, -0.2) is 0 Å². The minimum Gasteiger partial charge on any atom is -0.481 e. The Hall–Kier alpha value is -2.53. The van der Waals surface area contributed by atoms with Crippen molar-refractivity contribution in [2.24, 2.45) is 5.92 Å². The Labute approximate surface area is 125 Å². The van der Waals surface area contributed by atoms with Crippen LogP contribution in [0.4, 0.5) is 0 Å². The summed E-state index contributed by atoms with van der Waals surface area (Å²) in [6.07, 6.45) is 0.872. The van der Waals surface area contributed by atoms with Gasteiger partial charge in [-0.05, 0) is 31.0 Å². The van der Waals surface area contributed by atoms with E-state index in [4.69, 9.17) is 0 Å². The fourth-order valence-electron chi connectivity index (χ4n) is 2.05. The van der Waals surface area contributed by atoms with Crippen molar-refractivity contribution < 1.29 is 9.90 Å². The molecule has 2 aromatic rings. The Morgan fingerprint density at radius 2 is 1.76 bits per heavy atom. The SMILES string of the molecule is Cc1ccc(CC(CC#Cc2ccccc2)C(=O)O)cc1. The van der Waals surface area contributed by atoms with E-state index in [1.807, 2.05) is 61.5 Å². The molecule has 2 heteroatoms. The maximum absolute atomic E-state index is 11.3. The number of aliphatic carboxylic acids is 1. The zero-order chi connectivity index (χ0) is 15.1. The van der Waals surface area contributed by atoms with Crippen LogP contribution in [0.5, 0.6) is 0 Å². The second kappa shape index (κ2) is 7.31. The standard InChI is InChI=1S/C19H18O2/c1-15-10-12-17(13-11-15)14-18(19(20)21)9-5-8-16-6-3-2-4-7-16/h2-4,6-7,10-13,18H,9,14H2,1H3,(H,20,21). The maximum Gasteiger partial charge on any atom is 0.307 e. The Kier molecular flexibility index (Phi) is 5.17. The normalized spacial score (nSPS) is 11.3. The molecule has 0 radical (unpaired) electrons. The third kappa shape index (κ3) is 4.81. The fourth-order valence-corrected chi connectivity index (χ4v) is 2.05. The van der Waals surface area contributed by atoms with E-state index in [-0.39, 0.29) is 0 Å². The lowest BCUT2D eigenvalue weighted by molar-refractivity contribution is -0.141. The van der Waals surface area contributed by atoms with Crippen LogP contribution in [0.3, 0.4) is 0 Å². The monoisotopic (exact) mass is 278 g/mol. The molecule has 0 aliphatic heterocycles. The Bertz CT molecular complexity index is 645. The number of carbonyl (C=O) groups is 1. The van der Waals surface area contributed by atoms with Crippen molar-refractivity contribution in [3.8, 4) is 11.8 Å². The summed E-state index contributed by atoms with van der Waals surface area (Å²) >= 11 is 0. The molecule has 0 saturated carbocycles. The van der Waals surface area contributed by atoms with E-state index in [0.717, 1.165) is 11.1 Å². The first-order valence-corrected chi connectivity index (χ1v) is 6.97. The Morgan fingerprint density at radius 1 is 1.10 bits per heavy atom. The van der Waals surface area contributed by atoms with Gasteiger partial charge in [-0.1, -0.05) is 59.9 Å². The molecule has 2 nitrogen and oxygen atoms in total. The average Bonchev–Trinajstić information content (AvgIpc) is 2.49. The first-order valence-electron chi connectivity index (χ1n) is 6.97. The van der Waals surface area contributed by atoms with Gasteiger partial charge < -0.3 is 5.11 Å². The Morgan fingerprint density at radius 3 is 2.38 bits per heavy atom. The first-order chi connectivity index (χ1) is 10.1. The molecule has 1 unspecified atom stereocenters. The highest BCUT2D eigenvalue weighted by molar-refractivity contribution is 5.70. The van der Waals surface area contributed by atoms with Gasteiger partial charge in [0.2, 0.25) is 0 Å². The molecule has 2 aromatic carbocycles. The molecule has 0 saturated heterocycles. The topological polar surface area (TPSA) is 37.3 Å². The van der Waals surface area contributed by atoms with E-state index >= 15 is 0 Å². The van der Waals surface area contributed by atoms with Crippen molar-refractivity contribution in [3.05, 3.63) is 71.3 Å². The highest BCUT2D eigenvalue weighted by Crippen LogP contribution is 2.13. The van der Waals surface area contributed by atoms with Gasteiger partial charge in [-0.15, -0.1) is 0 Å². The van der Waals surface area contributed by atoms with Crippen LogP contribution in [0.2, 0.25) is 0 Å². The van der Waals surface area contributed by atoms with Crippen molar-refractivity contribution in [2.75, 3.05) is 0 Å². The predicted octanol–water partition coefficient (Wildman–Crippen LogP) is 3.68. The lowest BCUT2D eigenvalue weighted by atomic mass is 9.96. The predicted molar refractivity (Wildman–Crippen MR) is 83.9 cm³/mol. The minimum atomic E-state index is -0.794. The number of hydrogen-bond donors (Lipinski definition) is 1. The molecule has 0 fully saturated rings. The van der Waals surface area contributed by atoms with Gasteiger partial charge in [0, 0.05) is 12.0 Å². The van der Waals surface area contributed by atoms with Crippen LogP contribution in [0.15, 0.2) is 54.6 Å². The number of carboxylic acid groups (broad SMARTS) is 1. The van der Waals surface area contributed by atoms with E-state index in [1.54, 1.807) is 0 Å². The van der Waals surface area contributed by atoms with Gasteiger partial charge in [0.15, 0.2) is 0 Å². The summed E-state index contributed by atoms with van der Waals surface area (Å²) < 4.78 is 0. The number of carboxylic acids is 1.